The van der Waals surface area contributed by atoms with E-state index in [2.05, 4.69) is 5.16 Å². The number of hydrogen-bond donors (Lipinski definition) is 1. The van der Waals surface area contributed by atoms with E-state index in [1.165, 1.54) is 12.1 Å². The monoisotopic (exact) mass is 249 g/mol. The molecule has 0 aliphatic rings. The van der Waals surface area contributed by atoms with Crippen molar-refractivity contribution in [2.24, 2.45) is 0 Å². The molecule has 2 aromatic rings. The molecule has 0 aliphatic heterocycles. The summed E-state index contributed by atoms with van der Waals surface area (Å²) >= 11 is 0. The number of nitrogens with zero attached hydrogens (tertiary/aromatic N) is 1. The molecule has 0 saturated heterocycles. The highest BCUT2D eigenvalue weighted by Gasteiger charge is 2.18. The van der Waals surface area contributed by atoms with Crippen LogP contribution in [0.4, 0.5) is 4.39 Å². The average molecular weight is 249 g/mol. The minimum atomic E-state index is -1.10. The average Bonchev–Trinajstić information content (AvgIpc) is 2.70. The van der Waals surface area contributed by atoms with Crippen molar-refractivity contribution in [2.75, 3.05) is 0 Å². The lowest BCUT2D eigenvalue weighted by Gasteiger charge is -2.01. The number of benzene rings is 1. The molecule has 1 aromatic heterocycles. The van der Waals surface area contributed by atoms with E-state index in [0.717, 1.165) is 5.56 Å². The van der Waals surface area contributed by atoms with Crippen molar-refractivity contribution < 1.29 is 18.8 Å². The second kappa shape index (κ2) is 5.00. The number of aromatic nitrogens is 1. The van der Waals surface area contributed by atoms with Crippen molar-refractivity contribution in [3.63, 3.8) is 0 Å². The van der Waals surface area contributed by atoms with Crippen molar-refractivity contribution in [1.82, 2.24) is 5.16 Å². The summed E-state index contributed by atoms with van der Waals surface area (Å²) in [5.74, 6) is -0.874. The van der Waals surface area contributed by atoms with Gasteiger partial charge in [0.1, 0.15) is 11.6 Å². The maximum Gasteiger partial charge on any atom is 0.358 e. The van der Waals surface area contributed by atoms with Crippen molar-refractivity contribution in [2.45, 2.75) is 19.8 Å². The molecule has 2 rings (SSSR count). The lowest BCUT2D eigenvalue weighted by Crippen LogP contribution is -2.03. The maximum atomic E-state index is 12.7. The van der Waals surface area contributed by atoms with E-state index in [1.807, 2.05) is 0 Å². The number of aromatic carboxylic acids is 1. The third-order valence-corrected chi connectivity index (χ3v) is 2.76. The summed E-state index contributed by atoms with van der Waals surface area (Å²) in [5.41, 5.74) is 1.48. The first-order chi connectivity index (χ1) is 8.58. The van der Waals surface area contributed by atoms with Crippen molar-refractivity contribution >= 4 is 5.97 Å². The third kappa shape index (κ3) is 2.56. The first-order valence-corrected chi connectivity index (χ1v) is 5.51. The predicted molar refractivity (Wildman–Crippen MR) is 62.0 cm³/mol. The Morgan fingerprint density at radius 1 is 1.33 bits per heavy atom. The Bertz CT molecular complexity index is 560. The van der Waals surface area contributed by atoms with Gasteiger partial charge in [-0.3, -0.25) is 0 Å². The van der Waals surface area contributed by atoms with E-state index in [4.69, 9.17) is 9.63 Å². The van der Waals surface area contributed by atoms with Gasteiger partial charge in [0.15, 0.2) is 5.69 Å². The van der Waals surface area contributed by atoms with E-state index < -0.39 is 5.97 Å². The van der Waals surface area contributed by atoms with Crippen molar-refractivity contribution in [3.8, 4) is 0 Å². The molecule has 0 bridgehead atoms. The summed E-state index contributed by atoms with van der Waals surface area (Å²) in [6, 6.07) is 6.12. The second-order valence-corrected chi connectivity index (χ2v) is 4.00. The van der Waals surface area contributed by atoms with Crippen LogP contribution in [0.15, 0.2) is 28.8 Å². The zero-order valence-electron chi connectivity index (χ0n) is 9.81. The van der Waals surface area contributed by atoms with Crippen LogP contribution in [0.3, 0.4) is 0 Å². The molecule has 0 spiro atoms. The Morgan fingerprint density at radius 2 is 2.00 bits per heavy atom. The summed E-state index contributed by atoms with van der Waals surface area (Å²) < 4.78 is 17.6. The van der Waals surface area contributed by atoms with Gasteiger partial charge in [-0.25, -0.2) is 9.18 Å². The molecule has 4 nitrogen and oxygen atoms in total. The van der Waals surface area contributed by atoms with Crippen LogP contribution in [0, 0.1) is 12.7 Å². The molecule has 0 atom stereocenters. The molecule has 94 valence electrons. The van der Waals surface area contributed by atoms with Crippen molar-refractivity contribution in [1.29, 1.82) is 0 Å². The Morgan fingerprint density at radius 3 is 2.61 bits per heavy atom. The largest absolute Gasteiger partial charge is 0.476 e. The van der Waals surface area contributed by atoms with Crippen LogP contribution in [0.2, 0.25) is 0 Å². The summed E-state index contributed by atoms with van der Waals surface area (Å²) in [6.07, 6.45) is 1.12. The van der Waals surface area contributed by atoms with Crippen LogP contribution in [-0.2, 0) is 12.8 Å². The molecule has 0 fully saturated rings. The van der Waals surface area contributed by atoms with Crippen LogP contribution in [0.5, 0.6) is 0 Å². The molecule has 0 amide bonds. The lowest BCUT2D eigenvalue weighted by atomic mass is 10.0. The van der Waals surface area contributed by atoms with Gasteiger partial charge in [0.25, 0.3) is 0 Å². The SMILES string of the molecule is Cc1onc(C(=O)O)c1CCc1ccc(F)cc1. The number of carboxylic acid groups (broad SMARTS) is 1. The molecular formula is C13H12FNO3. The number of aryl methyl sites for hydroxylation is 2. The number of carbonyl (C=O) groups is 1. The molecular weight excluding hydrogens is 237 g/mol. The fourth-order valence-corrected chi connectivity index (χ4v) is 1.77. The zero-order chi connectivity index (χ0) is 13.1. The highest BCUT2D eigenvalue weighted by Crippen LogP contribution is 2.16. The Balaban J connectivity index is 2.12. The molecule has 0 aliphatic carbocycles. The van der Waals surface area contributed by atoms with Gasteiger partial charge >= 0.3 is 5.97 Å². The zero-order valence-corrected chi connectivity index (χ0v) is 9.81. The van der Waals surface area contributed by atoms with E-state index >= 15 is 0 Å². The highest BCUT2D eigenvalue weighted by molar-refractivity contribution is 5.87. The fraction of sp³-hybridized carbons (Fsp3) is 0.231. The molecule has 1 aromatic carbocycles. The van der Waals surface area contributed by atoms with E-state index in [0.29, 0.717) is 24.2 Å². The lowest BCUT2D eigenvalue weighted by molar-refractivity contribution is 0.0684. The fourth-order valence-electron chi connectivity index (χ4n) is 1.77. The summed E-state index contributed by atoms with van der Waals surface area (Å²) in [7, 11) is 0. The molecule has 1 heterocycles. The third-order valence-electron chi connectivity index (χ3n) is 2.76. The minimum Gasteiger partial charge on any atom is -0.476 e. The molecule has 1 N–H and O–H groups in total. The Kier molecular flexibility index (Phi) is 3.41. The van der Waals surface area contributed by atoms with Crippen LogP contribution >= 0.6 is 0 Å². The number of rotatable bonds is 4. The van der Waals surface area contributed by atoms with Gasteiger partial charge < -0.3 is 9.63 Å². The highest BCUT2D eigenvalue weighted by atomic mass is 19.1. The normalized spacial score (nSPS) is 10.6. The van der Waals surface area contributed by atoms with Gasteiger partial charge in [0.05, 0.1) is 0 Å². The summed E-state index contributed by atoms with van der Waals surface area (Å²) in [6.45, 7) is 1.68. The summed E-state index contributed by atoms with van der Waals surface area (Å²) in [4.78, 5) is 10.9. The molecule has 18 heavy (non-hydrogen) atoms. The second-order valence-electron chi connectivity index (χ2n) is 4.00. The minimum absolute atomic E-state index is 0.0467. The summed E-state index contributed by atoms with van der Waals surface area (Å²) in [5, 5.41) is 12.4. The van der Waals surface area contributed by atoms with E-state index in [1.54, 1.807) is 19.1 Å². The topological polar surface area (TPSA) is 63.3 Å². The van der Waals surface area contributed by atoms with Crippen LogP contribution in [-0.4, -0.2) is 16.2 Å². The smallest absolute Gasteiger partial charge is 0.358 e. The number of hydrogen-bond acceptors (Lipinski definition) is 3. The van der Waals surface area contributed by atoms with Crippen LogP contribution in [0.25, 0.3) is 0 Å². The quantitative estimate of drug-likeness (QED) is 0.904. The Labute approximate surface area is 103 Å². The first-order valence-electron chi connectivity index (χ1n) is 5.51. The molecule has 0 unspecified atom stereocenters. The number of carboxylic acids is 1. The van der Waals surface area contributed by atoms with Gasteiger partial charge in [-0.15, -0.1) is 0 Å². The van der Waals surface area contributed by atoms with E-state index in [-0.39, 0.29) is 11.5 Å². The predicted octanol–water partition coefficient (Wildman–Crippen LogP) is 2.61. The van der Waals surface area contributed by atoms with Crippen LogP contribution in [0.1, 0.15) is 27.4 Å². The first kappa shape index (κ1) is 12.3. The molecule has 0 radical (unpaired) electrons. The van der Waals surface area contributed by atoms with Gasteiger partial charge in [-0.2, -0.15) is 0 Å². The molecule has 0 saturated carbocycles. The van der Waals surface area contributed by atoms with Crippen molar-refractivity contribution in [3.05, 3.63) is 52.7 Å². The van der Waals surface area contributed by atoms with Crippen LogP contribution < -0.4 is 0 Å². The standard InChI is InChI=1S/C13H12FNO3/c1-8-11(12(13(16)17)15-18-8)7-4-9-2-5-10(14)6-3-9/h2-3,5-6H,4,7H2,1H3,(H,16,17). The van der Waals surface area contributed by atoms with E-state index in [9.17, 15) is 9.18 Å². The van der Waals surface area contributed by atoms with Gasteiger partial charge in [0.2, 0.25) is 0 Å². The molecule has 5 heteroatoms. The Hall–Kier alpha value is -2.17. The van der Waals surface area contributed by atoms with Gasteiger partial charge in [-0.05, 0) is 37.5 Å². The maximum absolute atomic E-state index is 12.7. The van der Waals surface area contributed by atoms with Gasteiger partial charge in [-0.1, -0.05) is 17.3 Å². The van der Waals surface area contributed by atoms with Gasteiger partial charge in [0, 0.05) is 5.56 Å². The number of halogens is 1.